The van der Waals surface area contributed by atoms with Crippen molar-refractivity contribution in [2.24, 2.45) is 0 Å². The van der Waals surface area contributed by atoms with Gasteiger partial charge in [0.25, 0.3) is 5.56 Å². The second-order valence-electron chi connectivity index (χ2n) is 6.53. The van der Waals surface area contributed by atoms with Crippen LogP contribution in [0.15, 0.2) is 56.8 Å². The van der Waals surface area contributed by atoms with Crippen LogP contribution in [0.4, 0.5) is 0 Å². The number of fused-ring (bicyclic) bond motifs is 1. The smallest absolute Gasteiger partial charge is 0.332 e. The molecule has 0 spiro atoms. The molecule has 0 saturated carbocycles. The van der Waals surface area contributed by atoms with Crippen molar-refractivity contribution in [1.29, 1.82) is 0 Å². The first-order valence-electron chi connectivity index (χ1n) is 8.89. The Morgan fingerprint density at radius 1 is 1.21 bits per heavy atom. The van der Waals surface area contributed by atoms with E-state index in [1.54, 1.807) is 6.92 Å². The molecule has 0 saturated heterocycles. The van der Waals surface area contributed by atoms with Gasteiger partial charge in [-0.15, -0.1) is 11.3 Å². The van der Waals surface area contributed by atoms with Gasteiger partial charge in [-0.2, -0.15) is 0 Å². The predicted molar refractivity (Wildman–Crippen MR) is 108 cm³/mol. The number of carbonyl (C=O) groups is 1. The molecule has 29 heavy (non-hydrogen) atoms. The largest absolute Gasteiger partial charge is 0.480 e. The van der Waals surface area contributed by atoms with Crippen molar-refractivity contribution in [2.75, 3.05) is 0 Å². The minimum absolute atomic E-state index is 0.154. The lowest BCUT2D eigenvalue weighted by atomic mass is 10.1. The lowest BCUT2D eigenvalue weighted by molar-refractivity contribution is -0.137. The minimum atomic E-state index is -1.16. The summed E-state index contributed by atoms with van der Waals surface area (Å²) in [6.07, 6.45) is 3.38. The number of aryl methyl sites for hydroxylation is 2. The number of aromatic nitrogens is 3. The number of carboxylic acids is 1. The van der Waals surface area contributed by atoms with Crippen molar-refractivity contribution in [2.45, 2.75) is 26.4 Å². The average Bonchev–Trinajstić information content (AvgIpc) is 3.34. The number of hydrogen-bond acceptors (Lipinski definition) is 6. The Labute approximate surface area is 168 Å². The fourth-order valence-corrected chi connectivity index (χ4v) is 4.52. The molecule has 8 nitrogen and oxygen atoms in total. The minimum Gasteiger partial charge on any atom is -0.480 e. The van der Waals surface area contributed by atoms with Crippen LogP contribution in [-0.4, -0.2) is 25.2 Å². The summed E-state index contributed by atoms with van der Waals surface area (Å²) in [6, 6.07) is 9.48. The third-order valence-electron chi connectivity index (χ3n) is 4.68. The number of rotatable bonds is 6. The number of carboxylic acid groups (broad SMARTS) is 1. The molecule has 1 aromatic carbocycles. The van der Waals surface area contributed by atoms with Crippen molar-refractivity contribution >= 4 is 27.5 Å². The molecule has 3 heterocycles. The van der Waals surface area contributed by atoms with Crippen LogP contribution in [0.25, 0.3) is 21.0 Å². The molecule has 4 rings (SSSR count). The zero-order chi connectivity index (χ0) is 20.5. The van der Waals surface area contributed by atoms with Crippen molar-refractivity contribution < 1.29 is 14.3 Å². The molecular weight excluding hydrogens is 394 g/mol. The van der Waals surface area contributed by atoms with Crippen LogP contribution in [-0.2, 0) is 24.3 Å². The molecule has 0 aliphatic heterocycles. The predicted octanol–water partition coefficient (Wildman–Crippen LogP) is 2.52. The van der Waals surface area contributed by atoms with E-state index in [0.29, 0.717) is 33.0 Å². The van der Waals surface area contributed by atoms with Gasteiger partial charge < -0.3 is 9.52 Å². The number of oxazole rings is 1. The molecule has 0 amide bonds. The van der Waals surface area contributed by atoms with Crippen LogP contribution in [0, 0.1) is 6.92 Å². The topological polar surface area (TPSA) is 107 Å². The molecule has 3 aromatic heterocycles. The van der Waals surface area contributed by atoms with Gasteiger partial charge in [0, 0.05) is 6.54 Å². The molecule has 0 bridgehead atoms. The molecule has 0 radical (unpaired) electrons. The van der Waals surface area contributed by atoms with Crippen molar-refractivity contribution in [3.63, 3.8) is 0 Å². The molecule has 148 valence electrons. The third-order valence-corrected chi connectivity index (χ3v) is 5.98. The SMILES string of the molecule is Cc1c(-c2ncco2)sc2c1c(=O)n(CCc1ccccc1)c(=O)n2CC(=O)O. The number of benzene rings is 1. The summed E-state index contributed by atoms with van der Waals surface area (Å²) in [5.74, 6) is -0.835. The molecule has 0 aliphatic rings. The zero-order valence-electron chi connectivity index (χ0n) is 15.5. The monoisotopic (exact) mass is 411 g/mol. The first kappa shape index (κ1) is 18.9. The van der Waals surface area contributed by atoms with Crippen LogP contribution < -0.4 is 11.2 Å². The van der Waals surface area contributed by atoms with Gasteiger partial charge in [-0.25, -0.2) is 9.78 Å². The molecule has 0 unspecified atom stereocenters. The summed E-state index contributed by atoms with van der Waals surface area (Å²) < 4.78 is 7.58. The van der Waals surface area contributed by atoms with Crippen molar-refractivity contribution in [1.82, 2.24) is 14.1 Å². The fraction of sp³-hybridized carbons (Fsp3) is 0.200. The van der Waals surface area contributed by atoms with Gasteiger partial charge in [-0.05, 0) is 24.5 Å². The van der Waals surface area contributed by atoms with Gasteiger partial charge in [0.15, 0.2) is 0 Å². The lowest BCUT2D eigenvalue weighted by Gasteiger charge is -2.10. The second kappa shape index (κ2) is 7.51. The Morgan fingerprint density at radius 3 is 2.62 bits per heavy atom. The first-order chi connectivity index (χ1) is 14.0. The lowest BCUT2D eigenvalue weighted by Crippen LogP contribution is -2.41. The molecule has 1 N–H and O–H groups in total. The van der Waals surface area contributed by atoms with Gasteiger partial charge in [0.2, 0.25) is 5.89 Å². The van der Waals surface area contributed by atoms with E-state index in [-0.39, 0.29) is 6.54 Å². The number of hydrogen-bond donors (Lipinski definition) is 1. The summed E-state index contributed by atoms with van der Waals surface area (Å²) in [5.41, 5.74) is 0.520. The van der Waals surface area contributed by atoms with Gasteiger partial charge in [-0.3, -0.25) is 18.7 Å². The third kappa shape index (κ3) is 3.40. The van der Waals surface area contributed by atoms with E-state index in [9.17, 15) is 19.5 Å². The summed E-state index contributed by atoms with van der Waals surface area (Å²) in [4.78, 5) is 42.6. The Kier molecular flexibility index (Phi) is 4.89. The molecule has 0 fully saturated rings. The standard InChI is InChI=1S/C20H17N3O5S/c1-12-15-18(26)22(9-7-13-5-3-2-4-6-13)20(27)23(11-14(24)25)19(15)29-16(12)17-21-8-10-28-17/h2-6,8,10H,7,9,11H2,1H3,(H,24,25). The molecule has 0 atom stereocenters. The summed E-state index contributed by atoms with van der Waals surface area (Å²) >= 11 is 1.13. The molecule has 4 aromatic rings. The quantitative estimate of drug-likeness (QED) is 0.522. The molecule has 0 aliphatic carbocycles. The van der Waals surface area contributed by atoms with Crippen LogP contribution >= 0.6 is 11.3 Å². The highest BCUT2D eigenvalue weighted by Gasteiger charge is 2.23. The Balaban J connectivity index is 1.92. The van der Waals surface area contributed by atoms with Crippen molar-refractivity contribution in [3.05, 3.63) is 74.8 Å². The normalized spacial score (nSPS) is 11.2. The van der Waals surface area contributed by atoms with E-state index >= 15 is 0 Å². The zero-order valence-corrected chi connectivity index (χ0v) is 16.3. The van der Waals surface area contributed by atoms with Crippen LogP contribution in [0.3, 0.4) is 0 Å². The van der Waals surface area contributed by atoms with E-state index in [1.165, 1.54) is 12.5 Å². The highest BCUT2D eigenvalue weighted by molar-refractivity contribution is 7.22. The van der Waals surface area contributed by atoms with Crippen LogP contribution in [0.2, 0.25) is 0 Å². The van der Waals surface area contributed by atoms with E-state index < -0.39 is 23.8 Å². The summed E-state index contributed by atoms with van der Waals surface area (Å²) in [5, 5.41) is 9.62. The highest BCUT2D eigenvalue weighted by Crippen LogP contribution is 2.35. The van der Waals surface area contributed by atoms with E-state index in [4.69, 9.17) is 4.42 Å². The van der Waals surface area contributed by atoms with Crippen LogP contribution in [0.5, 0.6) is 0 Å². The fourth-order valence-electron chi connectivity index (χ4n) is 3.29. The summed E-state index contributed by atoms with van der Waals surface area (Å²) in [6.45, 7) is 1.36. The van der Waals surface area contributed by atoms with Crippen LogP contribution in [0.1, 0.15) is 11.1 Å². The number of nitrogens with zero attached hydrogens (tertiary/aromatic N) is 3. The van der Waals surface area contributed by atoms with Crippen molar-refractivity contribution in [3.8, 4) is 10.8 Å². The average molecular weight is 411 g/mol. The maximum absolute atomic E-state index is 13.2. The first-order valence-corrected chi connectivity index (χ1v) is 9.71. The number of thiophene rings is 1. The maximum atomic E-state index is 13.2. The Hall–Kier alpha value is -3.46. The maximum Gasteiger partial charge on any atom is 0.332 e. The second-order valence-corrected chi connectivity index (χ2v) is 7.53. The molecule has 9 heteroatoms. The summed E-state index contributed by atoms with van der Waals surface area (Å²) in [7, 11) is 0. The van der Waals surface area contributed by atoms with E-state index in [1.807, 2.05) is 30.3 Å². The highest BCUT2D eigenvalue weighted by atomic mass is 32.1. The molecular formula is C20H17N3O5S. The van der Waals surface area contributed by atoms with Gasteiger partial charge in [-0.1, -0.05) is 30.3 Å². The van der Waals surface area contributed by atoms with E-state index in [2.05, 4.69) is 4.98 Å². The Morgan fingerprint density at radius 2 is 1.97 bits per heavy atom. The van der Waals surface area contributed by atoms with E-state index in [0.717, 1.165) is 26.0 Å². The Bertz CT molecular complexity index is 1300. The number of aliphatic carboxylic acids is 1. The van der Waals surface area contributed by atoms with Gasteiger partial charge >= 0.3 is 11.7 Å². The van der Waals surface area contributed by atoms with Gasteiger partial charge in [0.1, 0.15) is 17.6 Å². The van der Waals surface area contributed by atoms with Gasteiger partial charge in [0.05, 0.1) is 16.5 Å².